The molecule has 3 aromatic carbocycles. The van der Waals surface area contributed by atoms with Gasteiger partial charge in [0.1, 0.15) is 5.82 Å². The number of rotatable bonds is 10. The number of fused-ring (bicyclic) bond motifs is 1. The van der Waals surface area contributed by atoms with Gasteiger partial charge in [0, 0.05) is 13.1 Å². The van der Waals surface area contributed by atoms with Crippen molar-refractivity contribution in [2.24, 2.45) is 5.92 Å². The maximum absolute atomic E-state index is 13.9. The van der Waals surface area contributed by atoms with Crippen molar-refractivity contribution in [2.75, 3.05) is 20.8 Å². The maximum Gasteiger partial charge on any atom is 0.255 e. The van der Waals surface area contributed by atoms with Gasteiger partial charge in [-0.05, 0) is 54.7 Å². The highest BCUT2D eigenvalue weighted by Gasteiger charge is 2.25. The lowest BCUT2D eigenvalue weighted by Gasteiger charge is -2.25. The van der Waals surface area contributed by atoms with Crippen molar-refractivity contribution >= 4 is 28.5 Å². The van der Waals surface area contributed by atoms with Crippen molar-refractivity contribution < 1.29 is 14.3 Å². The van der Waals surface area contributed by atoms with Gasteiger partial charge >= 0.3 is 0 Å². The molecule has 0 unspecified atom stereocenters. The fraction of sp³-hybridized carbons (Fsp3) is 0.333. The Morgan fingerprint density at radius 1 is 1.03 bits per heavy atom. The molecule has 1 aromatic heterocycles. The lowest BCUT2D eigenvalue weighted by atomic mass is 10.1. The number of nitrogens with zero attached hydrogens (tertiary/aromatic N) is 3. The molecule has 0 bridgehead atoms. The summed E-state index contributed by atoms with van der Waals surface area (Å²) in [7, 11) is 3.06. The van der Waals surface area contributed by atoms with Gasteiger partial charge in [-0.25, -0.2) is 4.98 Å². The van der Waals surface area contributed by atoms with Crippen LogP contribution in [0.1, 0.15) is 47.6 Å². The normalized spacial score (nSPS) is 11.2. The Balaban J connectivity index is 1.75. The summed E-state index contributed by atoms with van der Waals surface area (Å²) < 4.78 is 13.0. The predicted molar refractivity (Wildman–Crippen MR) is 149 cm³/mol. The van der Waals surface area contributed by atoms with Crippen LogP contribution in [0.4, 0.5) is 0 Å². The third-order valence-corrected chi connectivity index (χ3v) is 7.01. The molecule has 7 heteroatoms. The zero-order valence-electron chi connectivity index (χ0n) is 22.1. The third kappa shape index (κ3) is 5.75. The standard InChI is InChI=1S/C30H34ClN3O3/c1-20(2)16-17-33(30(35)23-14-15-26(36-4)29(37-5)28(23)31)19-27-32-24-12-8-9-13-25(24)34(27)18-22-11-7-6-10-21(22)3/h6-15,20H,16-19H2,1-5H3. The SMILES string of the molecule is COc1ccc(C(=O)N(CCC(C)C)Cc2nc3ccccc3n2Cc2ccccc2C)c(Cl)c1OC. The number of aryl methyl sites for hydroxylation is 1. The average Bonchev–Trinajstić information content (AvgIpc) is 3.23. The van der Waals surface area contributed by atoms with Gasteiger partial charge < -0.3 is 18.9 Å². The van der Waals surface area contributed by atoms with Crippen LogP contribution in [-0.4, -0.2) is 41.1 Å². The summed E-state index contributed by atoms with van der Waals surface area (Å²) in [5.41, 5.74) is 4.77. The van der Waals surface area contributed by atoms with Crippen LogP contribution in [0.3, 0.4) is 0 Å². The van der Waals surface area contributed by atoms with Gasteiger partial charge in [0.05, 0.1) is 42.4 Å². The van der Waals surface area contributed by atoms with Crippen molar-refractivity contribution in [3.63, 3.8) is 0 Å². The number of hydrogen-bond donors (Lipinski definition) is 0. The Hall–Kier alpha value is -3.51. The molecule has 0 radical (unpaired) electrons. The Kier molecular flexibility index (Phi) is 8.39. The lowest BCUT2D eigenvalue weighted by molar-refractivity contribution is 0.0729. The van der Waals surface area contributed by atoms with Crippen LogP contribution >= 0.6 is 11.6 Å². The molecular weight excluding hydrogens is 486 g/mol. The van der Waals surface area contributed by atoms with Crippen molar-refractivity contribution in [2.45, 2.75) is 40.3 Å². The number of benzene rings is 3. The quantitative estimate of drug-likeness (QED) is 0.232. The maximum atomic E-state index is 13.9. The minimum Gasteiger partial charge on any atom is -0.493 e. The van der Waals surface area contributed by atoms with E-state index in [-0.39, 0.29) is 10.9 Å². The van der Waals surface area contributed by atoms with Gasteiger partial charge in [0.2, 0.25) is 0 Å². The van der Waals surface area contributed by atoms with Gasteiger partial charge in [-0.1, -0.05) is 61.8 Å². The minimum absolute atomic E-state index is 0.166. The molecule has 4 rings (SSSR count). The number of carbonyl (C=O) groups excluding carboxylic acids is 1. The van der Waals surface area contributed by atoms with Crippen LogP contribution in [0.25, 0.3) is 11.0 Å². The second-order valence-electron chi connectivity index (χ2n) is 9.60. The van der Waals surface area contributed by atoms with E-state index < -0.39 is 0 Å². The summed E-state index contributed by atoms with van der Waals surface area (Å²) in [6, 6.07) is 19.9. The largest absolute Gasteiger partial charge is 0.493 e. The zero-order valence-corrected chi connectivity index (χ0v) is 22.9. The van der Waals surface area contributed by atoms with Crippen molar-refractivity contribution in [1.82, 2.24) is 14.5 Å². The van der Waals surface area contributed by atoms with E-state index in [1.54, 1.807) is 19.2 Å². The van der Waals surface area contributed by atoms with E-state index in [2.05, 4.69) is 49.6 Å². The van der Waals surface area contributed by atoms with Crippen molar-refractivity contribution in [1.29, 1.82) is 0 Å². The summed E-state index contributed by atoms with van der Waals surface area (Å²) in [4.78, 5) is 20.7. The summed E-state index contributed by atoms with van der Waals surface area (Å²) in [5, 5.41) is 0.245. The zero-order chi connectivity index (χ0) is 26.5. The summed E-state index contributed by atoms with van der Waals surface area (Å²) >= 11 is 6.64. The number of carbonyl (C=O) groups is 1. The average molecular weight is 520 g/mol. The van der Waals surface area contributed by atoms with Gasteiger partial charge in [0.25, 0.3) is 5.91 Å². The number of imidazole rings is 1. The highest BCUT2D eigenvalue weighted by Crippen LogP contribution is 2.38. The first-order chi connectivity index (χ1) is 17.8. The van der Waals surface area contributed by atoms with Gasteiger partial charge in [-0.15, -0.1) is 0 Å². The topological polar surface area (TPSA) is 56.6 Å². The Bertz CT molecular complexity index is 1400. The highest BCUT2D eigenvalue weighted by atomic mass is 35.5. The van der Waals surface area contributed by atoms with Gasteiger partial charge in [-0.3, -0.25) is 4.79 Å². The fourth-order valence-electron chi connectivity index (χ4n) is 4.44. The molecule has 1 amide bonds. The Labute approximate surface area is 223 Å². The van der Waals surface area contributed by atoms with E-state index in [1.165, 1.54) is 18.2 Å². The number of aromatic nitrogens is 2. The first kappa shape index (κ1) is 26.6. The van der Waals surface area contributed by atoms with Crippen LogP contribution in [-0.2, 0) is 13.1 Å². The van der Waals surface area contributed by atoms with E-state index >= 15 is 0 Å². The Morgan fingerprint density at radius 3 is 2.46 bits per heavy atom. The van der Waals surface area contributed by atoms with E-state index in [0.29, 0.717) is 42.6 Å². The molecule has 194 valence electrons. The molecule has 0 saturated carbocycles. The summed E-state index contributed by atoms with van der Waals surface area (Å²) in [6.45, 7) is 8.03. The molecule has 0 aliphatic carbocycles. The molecule has 0 aliphatic heterocycles. The van der Waals surface area contributed by atoms with Gasteiger partial charge in [0.15, 0.2) is 11.5 Å². The predicted octanol–water partition coefficient (Wildman–Crippen LogP) is 6.75. The molecule has 6 nitrogen and oxygen atoms in total. The third-order valence-electron chi connectivity index (χ3n) is 6.63. The molecule has 0 atom stereocenters. The fourth-order valence-corrected chi connectivity index (χ4v) is 4.76. The molecule has 37 heavy (non-hydrogen) atoms. The van der Waals surface area contributed by atoms with Crippen LogP contribution in [0, 0.1) is 12.8 Å². The molecule has 4 aromatic rings. The molecule has 0 N–H and O–H groups in total. The van der Waals surface area contributed by atoms with Crippen molar-refractivity contribution in [3.8, 4) is 11.5 Å². The first-order valence-electron chi connectivity index (χ1n) is 12.5. The van der Waals surface area contributed by atoms with Gasteiger partial charge in [-0.2, -0.15) is 0 Å². The second kappa shape index (κ2) is 11.7. The number of methoxy groups -OCH3 is 2. The van der Waals surface area contributed by atoms with Crippen LogP contribution in [0.15, 0.2) is 60.7 Å². The van der Waals surface area contributed by atoms with Crippen LogP contribution < -0.4 is 9.47 Å². The summed E-state index contributed by atoms with van der Waals surface area (Å²) in [6.07, 6.45) is 0.856. The number of halogens is 1. The number of amides is 1. The number of ether oxygens (including phenoxy) is 2. The molecule has 0 spiro atoms. The first-order valence-corrected chi connectivity index (χ1v) is 12.9. The van der Waals surface area contributed by atoms with E-state index in [9.17, 15) is 4.79 Å². The van der Waals surface area contributed by atoms with Crippen molar-refractivity contribution in [3.05, 3.63) is 88.2 Å². The number of para-hydroxylation sites is 2. The minimum atomic E-state index is -0.166. The van der Waals surface area contributed by atoms with E-state index in [0.717, 1.165) is 23.3 Å². The second-order valence-corrected chi connectivity index (χ2v) is 9.98. The van der Waals surface area contributed by atoms with E-state index in [4.69, 9.17) is 26.1 Å². The van der Waals surface area contributed by atoms with Crippen LogP contribution in [0.2, 0.25) is 5.02 Å². The molecular formula is C30H34ClN3O3. The lowest BCUT2D eigenvalue weighted by Crippen LogP contribution is -2.33. The summed E-state index contributed by atoms with van der Waals surface area (Å²) in [5.74, 6) is 1.93. The smallest absolute Gasteiger partial charge is 0.255 e. The van der Waals surface area contributed by atoms with E-state index in [1.807, 2.05) is 29.2 Å². The Morgan fingerprint density at radius 2 is 1.76 bits per heavy atom. The monoisotopic (exact) mass is 519 g/mol. The molecule has 1 heterocycles. The highest BCUT2D eigenvalue weighted by molar-refractivity contribution is 6.35. The molecule has 0 saturated heterocycles. The number of hydrogen-bond acceptors (Lipinski definition) is 4. The molecule has 0 fully saturated rings. The van der Waals surface area contributed by atoms with Crippen LogP contribution in [0.5, 0.6) is 11.5 Å². The molecule has 0 aliphatic rings.